The molecule has 3 nitrogen and oxygen atoms in total. The summed E-state index contributed by atoms with van der Waals surface area (Å²) in [6, 6.07) is 0. The van der Waals surface area contributed by atoms with Crippen LogP contribution in [0.1, 0.15) is 112 Å². The van der Waals surface area contributed by atoms with E-state index in [1.165, 1.54) is 44.9 Å². The molecule has 0 heterocycles. The highest BCUT2D eigenvalue weighted by Gasteiger charge is 2.67. The van der Waals surface area contributed by atoms with Crippen LogP contribution in [0.5, 0.6) is 0 Å². The van der Waals surface area contributed by atoms with E-state index in [-0.39, 0.29) is 5.41 Å². The first kappa shape index (κ1) is 25.0. The van der Waals surface area contributed by atoms with Gasteiger partial charge in [-0.2, -0.15) is 0 Å². The van der Waals surface area contributed by atoms with Crippen LogP contribution >= 0.6 is 0 Å². The molecular weight excluding hydrogens is 396 g/mol. The third-order valence-electron chi connectivity index (χ3n) is 12.1. The van der Waals surface area contributed by atoms with E-state index in [4.69, 9.17) is 0 Å². The lowest BCUT2D eigenvalue weighted by atomic mass is 9.42. The van der Waals surface area contributed by atoms with E-state index in [2.05, 4.69) is 41.5 Å². The van der Waals surface area contributed by atoms with Gasteiger partial charge >= 0.3 is 0 Å². The van der Waals surface area contributed by atoms with Gasteiger partial charge in [-0.15, -0.1) is 0 Å². The smallest absolute Gasteiger partial charge is 0.0985 e. The van der Waals surface area contributed by atoms with Gasteiger partial charge in [0.15, 0.2) is 0 Å². The molecule has 0 bridgehead atoms. The Bertz CT molecular complexity index is 663. The Labute approximate surface area is 197 Å². The van der Waals surface area contributed by atoms with Gasteiger partial charge in [0.25, 0.3) is 0 Å². The van der Waals surface area contributed by atoms with Crippen LogP contribution in [0.3, 0.4) is 0 Å². The van der Waals surface area contributed by atoms with Gasteiger partial charge in [-0.05, 0) is 98.2 Å². The van der Waals surface area contributed by atoms with Crippen LogP contribution in [0.2, 0.25) is 0 Å². The molecule has 32 heavy (non-hydrogen) atoms. The van der Waals surface area contributed by atoms with Crippen molar-refractivity contribution in [3.63, 3.8) is 0 Å². The van der Waals surface area contributed by atoms with E-state index in [1.54, 1.807) is 0 Å². The zero-order chi connectivity index (χ0) is 23.5. The fraction of sp³-hybridized carbons (Fsp3) is 1.00. The topological polar surface area (TPSA) is 60.7 Å². The predicted molar refractivity (Wildman–Crippen MR) is 131 cm³/mol. The summed E-state index contributed by atoms with van der Waals surface area (Å²) in [5, 5.41) is 33.2. The van der Waals surface area contributed by atoms with Crippen molar-refractivity contribution in [1.29, 1.82) is 0 Å². The molecule has 0 amide bonds. The number of fused-ring (bicyclic) bond motifs is 5. The molecule has 186 valence electrons. The van der Waals surface area contributed by atoms with E-state index >= 15 is 0 Å². The minimum absolute atomic E-state index is 0.259. The molecule has 3 N–H and O–H groups in total. The van der Waals surface area contributed by atoms with Gasteiger partial charge in [-0.25, -0.2) is 0 Å². The minimum atomic E-state index is -1.11. The van der Waals surface area contributed by atoms with Crippen LogP contribution in [0.25, 0.3) is 0 Å². The summed E-state index contributed by atoms with van der Waals surface area (Å²) in [5.74, 6) is 4.92. The highest BCUT2D eigenvalue weighted by atomic mass is 16.3. The van der Waals surface area contributed by atoms with Gasteiger partial charge in [-0.3, -0.25) is 0 Å². The molecule has 0 aromatic carbocycles. The second-order valence-electron chi connectivity index (χ2n) is 13.6. The number of aliphatic hydroxyl groups excluding tert-OH is 2. The molecule has 11 atom stereocenters. The molecule has 4 aliphatic rings. The van der Waals surface area contributed by atoms with Crippen molar-refractivity contribution in [1.82, 2.24) is 0 Å². The highest BCUT2D eigenvalue weighted by molar-refractivity contribution is 5.17. The van der Waals surface area contributed by atoms with Crippen molar-refractivity contribution in [2.75, 3.05) is 0 Å². The largest absolute Gasteiger partial charge is 0.393 e. The number of hydrogen-bond donors (Lipinski definition) is 3. The van der Waals surface area contributed by atoms with Crippen molar-refractivity contribution in [3.8, 4) is 0 Å². The second kappa shape index (κ2) is 8.83. The Kier molecular flexibility index (Phi) is 6.89. The Hall–Kier alpha value is -0.120. The number of hydrogen-bond acceptors (Lipinski definition) is 3. The SMILES string of the molecule is CCC(CCC(C)C1CCC2C3CC(O)[C@@]4(O)CC(O)CC[C@]4(C)C3CC[C@]12C)C(C)C. The summed E-state index contributed by atoms with van der Waals surface area (Å²) >= 11 is 0. The summed E-state index contributed by atoms with van der Waals surface area (Å²) in [6.45, 7) is 14.5. The first-order chi connectivity index (χ1) is 15.0. The van der Waals surface area contributed by atoms with Gasteiger partial charge in [0.05, 0.1) is 17.8 Å². The number of rotatable bonds is 6. The van der Waals surface area contributed by atoms with E-state index < -0.39 is 17.8 Å². The van der Waals surface area contributed by atoms with Crippen LogP contribution in [-0.2, 0) is 0 Å². The molecule has 0 aromatic heterocycles. The summed E-state index contributed by atoms with van der Waals surface area (Å²) < 4.78 is 0. The molecule has 3 heteroatoms. The van der Waals surface area contributed by atoms with Crippen LogP contribution in [-0.4, -0.2) is 33.1 Å². The Morgan fingerprint density at radius 1 is 0.906 bits per heavy atom. The molecule has 0 aliphatic heterocycles. The summed E-state index contributed by atoms with van der Waals surface area (Å²) in [6.07, 6.45) is 10.7. The molecule has 8 unspecified atom stereocenters. The van der Waals surface area contributed by atoms with Crippen molar-refractivity contribution < 1.29 is 15.3 Å². The van der Waals surface area contributed by atoms with Gasteiger partial charge in [-0.1, -0.05) is 54.4 Å². The third kappa shape index (κ3) is 3.72. The normalized spacial score (nSPS) is 50.4. The van der Waals surface area contributed by atoms with Crippen LogP contribution in [0.4, 0.5) is 0 Å². The zero-order valence-electron chi connectivity index (χ0n) is 21.8. The Balaban J connectivity index is 1.51. The van der Waals surface area contributed by atoms with Crippen molar-refractivity contribution in [3.05, 3.63) is 0 Å². The highest BCUT2D eigenvalue weighted by Crippen LogP contribution is 2.69. The number of aliphatic hydroxyl groups is 3. The first-order valence-corrected chi connectivity index (χ1v) is 14.1. The summed E-state index contributed by atoms with van der Waals surface area (Å²) in [7, 11) is 0. The van der Waals surface area contributed by atoms with E-state index in [0.29, 0.717) is 29.6 Å². The summed E-state index contributed by atoms with van der Waals surface area (Å²) in [4.78, 5) is 0. The van der Waals surface area contributed by atoms with Gasteiger partial charge < -0.3 is 15.3 Å². The molecular formula is C29H52O3. The molecule has 4 fully saturated rings. The molecule has 0 saturated heterocycles. The molecule has 0 radical (unpaired) electrons. The van der Waals surface area contributed by atoms with E-state index in [1.807, 2.05) is 0 Å². The molecule has 4 saturated carbocycles. The molecule has 0 aromatic rings. The zero-order valence-corrected chi connectivity index (χ0v) is 21.8. The maximum atomic E-state index is 11.7. The van der Waals surface area contributed by atoms with Crippen molar-refractivity contribution in [2.24, 2.45) is 52.3 Å². The quantitative estimate of drug-likeness (QED) is 0.454. The van der Waals surface area contributed by atoms with Crippen LogP contribution in [0, 0.1) is 52.3 Å². The van der Waals surface area contributed by atoms with Crippen LogP contribution in [0.15, 0.2) is 0 Å². The fourth-order valence-corrected chi connectivity index (χ4v) is 9.92. The lowest BCUT2D eigenvalue weighted by Gasteiger charge is -2.65. The Morgan fingerprint density at radius 2 is 1.62 bits per heavy atom. The lowest BCUT2D eigenvalue weighted by Crippen LogP contribution is -2.68. The maximum Gasteiger partial charge on any atom is 0.0985 e. The van der Waals surface area contributed by atoms with E-state index in [0.717, 1.165) is 42.9 Å². The average molecular weight is 449 g/mol. The maximum absolute atomic E-state index is 11.7. The van der Waals surface area contributed by atoms with Gasteiger partial charge in [0.2, 0.25) is 0 Å². The fourth-order valence-electron chi connectivity index (χ4n) is 9.92. The Morgan fingerprint density at radius 3 is 2.28 bits per heavy atom. The first-order valence-electron chi connectivity index (χ1n) is 14.1. The average Bonchev–Trinajstić information content (AvgIpc) is 3.08. The lowest BCUT2D eigenvalue weighted by molar-refractivity contribution is -0.264. The van der Waals surface area contributed by atoms with Crippen molar-refractivity contribution in [2.45, 2.75) is 130 Å². The van der Waals surface area contributed by atoms with Gasteiger partial charge in [0.1, 0.15) is 0 Å². The minimum Gasteiger partial charge on any atom is -0.393 e. The van der Waals surface area contributed by atoms with E-state index in [9.17, 15) is 15.3 Å². The molecule has 4 rings (SSSR count). The predicted octanol–water partition coefficient (Wildman–Crippen LogP) is 6.19. The third-order valence-corrected chi connectivity index (χ3v) is 12.1. The molecule has 0 spiro atoms. The van der Waals surface area contributed by atoms with Crippen LogP contribution < -0.4 is 0 Å². The summed E-state index contributed by atoms with van der Waals surface area (Å²) in [5.41, 5.74) is -0.984. The second-order valence-corrected chi connectivity index (χ2v) is 13.6. The standard InChI is InChI=1S/C29H52O3/c1-7-20(18(2)3)9-8-19(4)23-10-11-24-22-16-26(31)29(32)17-21(30)12-15-28(29,6)25(22)13-14-27(23,24)5/h18-26,30-32H,7-17H2,1-6H3/t19?,20?,21?,22?,23?,24?,25?,26?,27-,28-,29+/m1/s1. The van der Waals surface area contributed by atoms with Crippen molar-refractivity contribution >= 4 is 0 Å². The molecule has 4 aliphatic carbocycles. The monoisotopic (exact) mass is 448 g/mol. The van der Waals surface area contributed by atoms with Gasteiger partial charge in [0, 0.05) is 11.8 Å².